The minimum Gasteiger partial charge on any atom is -0.508 e. The smallest absolute Gasteiger partial charge is 0.309 e. The number of hydrogen-bond acceptors (Lipinski definition) is 5. The van der Waals surface area contributed by atoms with E-state index in [0.29, 0.717) is 30.3 Å². The van der Waals surface area contributed by atoms with E-state index in [1.54, 1.807) is 16.8 Å². The van der Waals surface area contributed by atoms with E-state index in [-0.39, 0.29) is 39.4 Å². The maximum absolute atomic E-state index is 13.0. The number of carbonyl (C=O) groups is 1. The average Bonchev–Trinajstić information content (AvgIpc) is 3.63. The van der Waals surface area contributed by atoms with E-state index in [4.69, 9.17) is 4.74 Å². The van der Waals surface area contributed by atoms with Crippen molar-refractivity contribution < 1.29 is 19.7 Å². The number of rotatable bonds is 6. The van der Waals surface area contributed by atoms with Crippen LogP contribution < -0.4 is 0 Å². The van der Waals surface area contributed by atoms with Crippen molar-refractivity contribution in [1.29, 1.82) is 0 Å². The van der Waals surface area contributed by atoms with Crippen molar-refractivity contribution in [2.75, 3.05) is 0 Å². The van der Waals surface area contributed by atoms with Gasteiger partial charge < -0.3 is 14.9 Å². The standard InChI is InChI=1S/C40H57N3O4/c1-24(2)29-11-16-40(35(45)46)18-17-38(7)30(34(29)40)9-10-32-37(6)14-13-33(36(4,5)31(37)12-15-39(32,38)8)47-23-26-22-43(42-41-26)27-19-25(3)20-28(44)21-27/h19-22,29-34,44H,1,9-18,23H2,2-8H3,(H,45,46)/t29-,30+,31-,32+,33-,34+,37-,38+,39+,40-/m0/s1. The predicted octanol–water partition coefficient (Wildman–Crippen LogP) is 8.91. The summed E-state index contributed by atoms with van der Waals surface area (Å²) in [6.07, 6.45) is 12.7. The molecule has 5 aliphatic carbocycles. The molecule has 5 saturated carbocycles. The molecule has 5 aliphatic rings. The van der Waals surface area contributed by atoms with E-state index in [1.807, 2.05) is 19.2 Å². The highest BCUT2D eigenvalue weighted by molar-refractivity contribution is 5.76. The van der Waals surface area contributed by atoms with Gasteiger partial charge in [0.15, 0.2) is 0 Å². The summed E-state index contributed by atoms with van der Waals surface area (Å²) in [4.78, 5) is 13.0. The summed E-state index contributed by atoms with van der Waals surface area (Å²) in [5.74, 6) is 1.86. The number of aromatic nitrogens is 3. The molecule has 10 atom stereocenters. The van der Waals surface area contributed by atoms with E-state index in [2.05, 4.69) is 58.4 Å². The third-order valence-corrected chi connectivity index (χ3v) is 15.7. The molecular weight excluding hydrogens is 586 g/mol. The van der Waals surface area contributed by atoms with Gasteiger partial charge in [0.05, 0.1) is 30.0 Å². The lowest BCUT2D eigenvalue weighted by Crippen LogP contribution is -2.67. The Morgan fingerprint density at radius 3 is 2.43 bits per heavy atom. The Morgan fingerprint density at radius 1 is 0.957 bits per heavy atom. The van der Waals surface area contributed by atoms with Gasteiger partial charge in [0, 0.05) is 6.07 Å². The number of allylic oxidation sites excluding steroid dienone is 1. The number of carboxylic acids is 1. The van der Waals surface area contributed by atoms with Crippen molar-refractivity contribution in [2.45, 2.75) is 125 Å². The van der Waals surface area contributed by atoms with Crippen molar-refractivity contribution in [3.05, 3.63) is 47.8 Å². The van der Waals surface area contributed by atoms with Crippen LogP contribution >= 0.6 is 0 Å². The molecule has 7 heteroatoms. The maximum atomic E-state index is 13.0. The van der Waals surface area contributed by atoms with Gasteiger partial charge in [0.25, 0.3) is 0 Å². The van der Waals surface area contributed by atoms with Gasteiger partial charge in [-0.1, -0.05) is 52.0 Å². The first kappa shape index (κ1) is 32.9. The van der Waals surface area contributed by atoms with Crippen LogP contribution in [0.15, 0.2) is 36.5 Å². The van der Waals surface area contributed by atoms with Crippen molar-refractivity contribution in [2.24, 2.45) is 56.7 Å². The fourth-order valence-corrected chi connectivity index (χ4v) is 13.3. The van der Waals surface area contributed by atoms with Crippen LogP contribution in [0.25, 0.3) is 5.69 Å². The molecule has 0 amide bonds. The number of nitrogens with zero attached hydrogens (tertiary/aromatic N) is 3. The van der Waals surface area contributed by atoms with Crippen molar-refractivity contribution >= 4 is 5.97 Å². The minimum absolute atomic E-state index is 0.0198. The molecule has 5 fully saturated rings. The van der Waals surface area contributed by atoms with Gasteiger partial charge in [-0.2, -0.15) is 0 Å². The van der Waals surface area contributed by atoms with Gasteiger partial charge in [-0.25, -0.2) is 4.68 Å². The summed E-state index contributed by atoms with van der Waals surface area (Å²) < 4.78 is 8.44. The number of fused-ring (bicyclic) bond motifs is 7. The van der Waals surface area contributed by atoms with Crippen molar-refractivity contribution in [1.82, 2.24) is 15.0 Å². The Kier molecular flexibility index (Phi) is 7.63. The lowest BCUT2D eigenvalue weighted by atomic mass is 9.32. The van der Waals surface area contributed by atoms with Gasteiger partial charge in [0.1, 0.15) is 11.4 Å². The second-order valence-corrected chi connectivity index (χ2v) is 18.0. The second-order valence-electron chi connectivity index (χ2n) is 18.0. The summed E-state index contributed by atoms with van der Waals surface area (Å²) in [7, 11) is 0. The zero-order valence-electron chi connectivity index (χ0n) is 29.8. The molecule has 1 aromatic carbocycles. The zero-order valence-corrected chi connectivity index (χ0v) is 29.8. The molecule has 47 heavy (non-hydrogen) atoms. The first-order chi connectivity index (χ1) is 22.1. The summed E-state index contributed by atoms with van der Waals surface area (Å²) in [6, 6.07) is 5.42. The van der Waals surface area contributed by atoms with Crippen molar-refractivity contribution in [3.8, 4) is 11.4 Å². The molecule has 1 heterocycles. The number of phenols is 1. The minimum atomic E-state index is -0.567. The predicted molar refractivity (Wildman–Crippen MR) is 183 cm³/mol. The van der Waals surface area contributed by atoms with Crippen LogP contribution in [0.5, 0.6) is 5.75 Å². The molecular formula is C40H57N3O4. The Hall–Kier alpha value is -2.67. The lowest BCUT2D eigenvalue weighted by molar-refractivity contribution is -0.252. The van der Waals surface area contributed by atoms with Crippen LogP contribution in [0.1, 0.15) is 117 Å². The molecule has 0 saturated heterocycles. The van der Waals surface area contributed by atoms with Gasteiger partial charge in [-0.15, -0.1) is 5.10 Å². The Morgan fingerprint density at radius 2 is 1.72 bits per heavy atom. The van der Waals surface area contributed by atoms with Gasteiger partial charge in [-0.3, -0.25) is 4.79 Å². The summed E-state index contributed by atoms with van der Waals surface area (Å²) in [5.41, 5.74) is 3.77. The Bertz CT molecular complexity index is 1560. The number of benzene rings is 1. The topological polar surface area (TPSA) is 97.5 Å². The fourth-order valence-electron chi connectivity index (χ4n) is 13.3. The molecule has 0 aliphatic heterocycles. The van der Waals surface area contributed by atoms with Crippen LogP contribution in [0.2, 0.25) is 0 Å². The fraction of sp³-hybridized carbons (Fsp3) is 0.725. The number of phenolic OH excluding ortho intramolecular Hbond substituents is 1. The van der Waals surface area contributed by atoms with Crippen molar-refractivity contribution in [3.63, 3.8) is 0 Å². The molecule has 0 spiro atoms. The number of aromatic hydroxyl groups is 1. The zero-order chi connectivity index (χ0) is 33.7. The number of aryl methyl sites for hydroxylation is 1. The van der Waals surface area contributed by atoms with Crippen LogP contribution in [0.3, 0.4) is 0 Å². The molecule has 1 aromatic heterocycles. The van der Waals surface area contributed by atoms with Gasteiger partial charge in [-0.05, 0) is 147 Å². The summed E-state index contributed by atoms with van der Waals surface area (Å²) in [5, 5.41) is 29.5. The van der Waals surface area contributed by atoms with Crippen LogP contribution in [-0.4, -0.2) is 37.3 Å². The number of aliphatic carboxylic acids is 1. The monoisotopic (exact) mass is 643 g/mol. The van der Waals surface area contributed by atoms with Crippen LogP contribution in [-0.2, 0) is 16.1 Å². The summed E-state index contributed by atoms with van der Waals surface area (Å²) >= 11 is 0. The maximum Gasteiger partial charge on any atom is 0.309 e. The van der Waals surface area contributed by atoms with Gasteiger partial charge >= 0.3 is 5.97 Å². The highest BCUT2D eigenvalue weighted by Gasteiger charge is 2.72. The molecule has 0 bridgehead atoms. The molecule has 0 radical (unpaired) electrons. The lowest BCUT2D eigenvalue weighted by Gasteiger charge is -2.72. The molecule has 2 aromatic rings. The van der Waals surface area contributed by atoms with E-state index >= 15 is 0 Å². The average molecular weight is 644 g/mol. The molecule has 0 unspecified atom stereocenters. The Balaban J connectivity index is 1.10. The SMILES string of the molecule is C=C(C)[C@@H]1CC[C@]2(C(=O)O)CC[C@]3(C)[C@H](CC[C@@H]4[C@@]5(C)CC[C@H](OCc6cn(-c7cc(C)cc(O)c7)nn6)C(C)(C)[C@@H]5CC[C@]43C)[C@@H]12. The third-order valence-electron chi connectivity index (χ3n) is 15.7. The van der Waals surface area contributed by atoms with E-state index < -0.39 is 11.4 Å². The normalized spacial score (nSPS) is 42.1. The number of carboxylic acid groups (broad SMARTS) is 1. The quantitative estimate of drug-likeness (QED) is 0.305. The number of ether oxygens (including phenoxy) is 1. The van der Waals surface area contributed by atoms with Crippen LogP contribution in [0.4, 0.5) is 0 Å². The Labute approximate surface area is 281 Å². The summed E-state index contributed by atoms with van der Waals surface area (Å²) in [6.45, 7) is 21.6. The van der Waals surface area contributed by atoms with Crippen LogP contribution in [0, 0.1) is 63.6 Å². The molecule has 7 nitrogen and oxygen atoms in total. The van der Waals surface area contributed by atoms with E-state index in [0.717, 1.165) is 55.5 Å². The second kappa shape index (κ2) is 10.9. The number of hydrogen-bond donors (Lipinski definition) is 2. The first-order valence-electron chi connectivity index (χ1n) is 18.3. The van der Waals surface area contributed by atoms with E-state index in [1.165, 1.54) is 31.3 Å². The largest absolute Gasteiger partial charge is 0.508 e. The first-order valence-corrected chi connectivity index (χ1v) is 18.3. The highest BCUT2D eigenvalue weighted by Crippen LogP contribution is 2.77. The third kappa shape index (κ3) is 4.64. The molecule has 2 N–H and O–H groups in total. The molecule has 7 rings (SSSR count). The van der Waals surface area contributed by atoms with E-state index in [9.17, 15) is 15.0 Å². The van der Waals surface area contributed by atoms with Gasteiger partial charge in [0.2, 0.25) is 0 Å². The molecule has 256 valence electrons. The highest BCUT2D eigenvalue weighted by atomic mass is 16.5.